The van der Waals surface area contributed by atoms with Crippen molar-refractivity contribution in [2.75, 3.05) is 11.9 Å². The molecule has 5 rings (SSSR count). The number of ether oxygens (including phenoxy) is 4. The van der Waals surface area contributed by atoms with Crippen LogP contribution in [0.15, 0.2) is 77.7 Å². The number of esters is 1. The molecule has 186 valence electrons. The maximum absolute atomic E-state index is 12.9. The smallest absolute Gasteiger partial charge is 0.351 e. The third kappa shape index (κ3) is 4.92. The molecule has 2 aromatic carbocycles. The van der Waals surface area contributed by atoms with Crippen LogP contribution in [0.25, 0.3) is 0 Å². The minimum atomic E-state index is -0.917. The van der Waals surface area contributed by atoms with E-state index in [1.165, 1.54) is 16.8 Å². The number of carbonyl (C=O) groups excluding carboxylic acids is 2. The first-order valence-corrected chi connectivity index (χ1v) is 11.5. The van der Waals surface area contributed by atoms with Crippen LogP contribution in [0.5, 0.6) is 0 Å². The van der Waals surface area contributed by atoms with Crippen molar-refractivity contribution in [1.29, 1.82) is 0 Å². The van der Waals surface area contributed by atoms with Crippen LogP contribution in [0.2, 0.25) is 0 Å². The van der Waals surface area contributed by atoms with Crippen molar-refractivity contribution in [2.24, 2.45) is 0 Å². The fourth-order valence-corrected chi connectivity index (χ4v) is 4.29. The molecule has 2 aliphatic rings. The lowest BCUT2D eigenvalue weighted by Crippen LogP contribution is -2.35. The van der Waals surface area contributed by atoms with Crippen LogP contribution in [0, 0.1) is 0 Å². The lowest BCUT2D eigenvalue weighted by atomic mass is 10.1. The van der Waals surface area contributed by atoms with E-state index in [0.717, 1.165) is 0 Å². The van der Waals surface area contributed by atoms with Gasteiger partial charge in [0.15, 0.2) is 12.0 Å². The van der Waals surface area contributed by atoms with E-state index in [1.807, 2.05) is 6.07 Å². The molecule has 0 bridgehead atoms. The fraction of sp³-hybridized carbons (Fsp3) is 0.308. The van der Waals surface area contributed by atoms with Crippen molar-refractivity contribution in [2.45, 2.75) is 44.2 Å². The summed E-state index contributed by atoms with van der Waals surface area (Å²) in [4.78, 5) is 41.7. The van der Waals surface area contributed by atoms with E-state index in [9.17, 15) is 14.4 Å². The first kappa shape index (κ1) is 23.9. The Kier molecular flexibility index (Phi) is 6.40. The van der Waals surface area contributed by atoms with Crippen LogP contribution in [-0.4, -0.2) is 52.1 Å². The van der Waals surface area contributed by atoms with E-state index in [2.05, 4.69) is 10.3 Å². The molecule has 0 unspecified atom stereocenters. The summed E-state index contributed by atoms with van der Waals surface area (Å²) in [6.45, 7) is 3.44. The molecule has 4 atom stereocenters. The topological polar surface area (TPSA) is 118 Å². The summed E-state index contributed by atoms with van der Waals surface area (Å²) < 4.78 is 24.8. The van der Waals surface area contributed by atoms with E-state index in [1.54, 1.807) is 68.4 Å². The fourth-order valence-electron chi connectivity index (χ4n) is 4.29. The Hall–Kier alpha value is -3.86. The Morgan fingerprint density at radius 1 is 0.972 bits per heavy atom. The van der Waals surface area contributed by atoms with Gasteiger partial charge in [0.2, 0.25) is 0 Å². The summed E-state index contributed by atoms with van der Waals surface area (Å²) in [5.41, 5.74) is 0.220. The lowest BCUT2D eigenvalue weighted by Gasteiger charge is -2.24. The minimum absolute atomic E-state index is 0.0851. The number of nitrogens with one attached hydrogen (secondary N) is 1. The van der Waals surface area contributed by atoms with Gasteiger partial charge in [-0.1, -0.05) is 36.4 Å². The SMILES string of the molecule is CC1(C)O[C@H]2[C@H](O1)[C@H](n1ccc(NC(=O)c3ccccc3)nc1=O)O[C@H]2COC(=O)c1ccccc1. The number of aromatic nitrogens is 2. The number of anilines is 1. The molecule has 1 N–H and O–H groups in total. The van der Waals surface area contributed by atoms with Crippen LogP contribution in [0.3, 0.4) is 0 Å². The molecular formula is C26H25N3O7. The summed E-state index contributed by atoms with van der Waals surface area (Å²) in [7, 11) is 0. The predicted octanol–water partition coefficient (Wildman–Crippen LogP) is 2.77. The van der Waals surface area contributed by atoms with Crippen LogP contribution in [0.1, 0.15) is 40.8 Å². The van der Waals surface area contributed by atoms with Gasteiger partial charge < -0.3 is 24.3 Å². The number of hydrogen-bond donors (Lipinski definition) is 1. The molecular weight excluding hydrogens is 466 g/mol. The Labute approximate surface area is 206 Å². The number of carbonyl (C=O) groups is 2. The van der Waals surface area contributed by atoms with E-state index in [-0.39, 0.29) is 18.3 Å². The van der Waals surface area contributed by atoms with Crippen molar-refractivity contribution >= 4 is 17.7 Å². The van der Waals surface area contributed by atoms with E-state index in [0.29, 0.717) is 11.1 Å². The number of rotatable bonds is 6. The number of nitrogens with zero attached hydrogens (tertiary/aromatic N) is 2. The Morgan fingerprint density at radius 2 is 1.61 bits per heavy atom. The maximum Gasteiger partial charge on any atom is 0.351 e. The molecule has 0 aliphatic carbocycles. The van der Waals surface area contributed by atoms with E-state index in [4.69, 9.17) is 18.9 Å². The van der Waals surface area contributed by atoms with Gasteiger partial charge in [-0.3, -0.25) is 9.36 Å². The lowest BCUT2D eigenvalue weighted by molar-refractivity contribution is -0.200. The van der Waals surface area contributed by atoms with Crippen molar-refractivity contribution in [1.82, 2.24) is 9.55 Å². The highest BCUT2D eigenvalue weighted by atomic mass is 16.8. The Morgan fingerprint density at radius 3 is 2.28 bits per heavy atom. The molecule has 0 spiro atoms. The molecule has 10 nitrogen and oxygen atoms in total. The van der Waals surface area contributed by atoms with Gasteiger partial charge in [0.25, 0.3) is 5.91 Å². The second-order valence-corrected chi connectivity index (χ2v) is 8.92. The molecule has 2 saturated heterocycles. The number of benzene rings is 2. The van der Waals surface area contributed by atoms with Gasteiger partial charge in [-0.15, -0.1) is 0 Å². The molecule has 2 fully saturated rings. The first-order chi connectivity index (χ1) is 17.3. The van der Waals surface area contributed by atoms with Crippen molar-refractivity contribution in [3.05, 3.63) is 94.5 Å². The van der Waals surface area contributed by atoms with Crippen LogP contribution in [0.4, 0.5) is 5.82 Å². The summed E-state index contributed by atoms with van der Waals surface area (Å²) >= 11 is 0. The maximum atomic E-state index is 12.9. The molecule has 3 heterocycles. The molecule has 0 radical (unpaired) electrons. The predicted molar refractivity (Wildman–Crippen MR) is 127 cm³/mol. The van der Waals surface area contributed by atoms with Crippen LogP contribution < -0.4 is 11.0 Å². The monoisotopic (exact) mass is 491 g/mol. The van der Waals surface area contributed by atoms with Gasteiger partial charge in [-0.2, -0.15) is 4.98 Å². The number of fused-ring (bicyclic) bond motifs is 1. The first-order valence-electron chi connectivity index (χ1n) is 11.5. The summed E-state index contributed by atoms with van der Waals surface area (Å²) in [6, 6.07) is 18.7. The standard InChI is InChI=1S/C26H25N3O7/c1-26(2)35-20-18(15-33-24(31)17-11-7-4-8-12-17)34-23(21(20)36-26)29-14-13-19(28-25(29)32)27-22(30)16-9-5-3-6-10-16/h3-14,18,20-21,23H,15H2,1-2H3,(H,27,28,30,32)/t18-,20+,21-,23+/m0/s1. The Balaban J connectivity index is 1.32. The zero-order valence-corrected chi connectivity index (χ0v) is 19.7. The molecule has 10 heteroatoms. The minimum Gasteiger partial charge on any atom is -0.459 e. The van der Waals surface area contributed by atoms with Gasteiger partial charge in [-0.05, 0) is 44.2 Å². The van der Waals surface area contributed by atoms with E-state index < -0.39 is 42.0 Å². The van der Waals surface area contributed by atoms with Gasteiger partial charge >= 0.3 is 11.7 Å². The third-order valence-electron chi connectivity index (χ3n) is 5.90. The normalized spacial score (nSPS) is 24.2. The molecule has 1 aromatic heterocycles. The molecule has 36 heavy (non-hydrogen) atoms. The third-order valence-corrected chi connectivity index (χ3v) is 5.90. The van der Waals surface area contributed by atoms with Gasteiger partial charge in [-0.25, -0.2) is 9.59 Å². The van der Waals surface area contributed by atoms with Crippen molar-refractivity contribution in [3.63, 3.8) is 0 Å². The number of amides is 1. The van der Waals surface area contributed by atoms with Crippen molar-refractivity contribution in [3.8, 4) is 0 Å². The zero-order valence-electron chi connectivity index (χ0n) is 19.7. The average molecular weight is 492 g/mol. The Bertz CT molecular complexity index is 1310. The van der Waals surface area contributed by atoms with Crippen LogP contribution >= 0.6 is 0 Å². The van der Waals surface area contributed by atoms with Crippen molar-refractivity contribution < 1.29 is 28.5 Å². The van der Waals surface area contributed by atoms with Gasteiger partial charge in [0, 0.05) is 11.8 Å². The molecule has 3 aromatic rings. The summed E-state index contributed by atoms with van der Waals surface area (Å²) in [5, 5.41) is 2.62. The highest BCUT2D eigenvalue weighted by Crippen LogP contribution is 2.42. The summed E-state index contributed by atoms with van der Waals surface area (Å²) in [5.74, 6) is -1.68. The van der Waals surface area contributed by atoms with Gasteiger partial charge in [0.1, 0.15) is 30.7 Å². The summed E-state index contributed by atoms with van der Waals surface area (Å²) in [6.07, 6.45) is -1.26. The molecule has 0 saturated carbocycles. The van der Waals surface area contributed by atoms with E-state index >= 15 is 0 Å². The average Bonchev–Trinajstić information content (AvgIpc) is 3.36. The highest BCUT2D eigenvalue weighted by Gasteiger charge is 2.56. The number of hydrogen-bond acceptors (Lipinski definition) is 8. The molecule has 1 amide bonds. The van der Waals surface area contributed by atoms with Crippen LogP contribution in [-0.2, 0) is 18.9 Å². The largest absolute Gasteiger partial charge is 0.459 e. The highest BCUT2D eigenvalue weighted by molar-refractivity contribution is 6.03. The zero-order chi connectivity index (χ0) is 25.3. The second kappa shape index (κ2) is 9.65. The quantitative estimate of drug-likeness (QED) is 0.523. The molecule has 2 aliphatic heterocycles. The van der Waals surface area contributed by atoms with Gasteiger partial charge in [0.05, 0.1) is 5.56 Å². The second-order valence-electron chi connectivity index (χ2n) is 8.92.